The molecule has 2 aromatic rings. The van der Waals surface area contributed by atoms with Gasteiger partial charge >= 0.3 is 0 Å². The van der Waals surface area contributed by atoms with Crippen molar-refractivity contribution in [2.24, 2.45) is 0 Å². The quantitative estimate of drug-likeness (QED) is 0.802. The van der Waals surface area contributed by atoms with Gasteiger partial charge in [-0.3, -0.25) is 4.21 Å². The van der Waals surface area contributed by atoms with Crippen LogP contribution in [0.2, 0.25) is 0 Å². The molecule has 13 heavy (non-hydrogen) atoms. The molecule has 2 aromatic heterocycles. The minimum Gasteiger partial charge on any atom is -0.252 e. The average Bonchev–Trinajstić information content (AvgIpc) is 2.46. The van der Waals surface area contributed by atoms with E-state index in [1.54, 1.807) is 12.5 Å². The normalized spacial score (nSPS) is 13.4. The van der Waals surface area contributed by atoms with Crippen molar-refractivity contribution in [1.82, 2.24) is 9.97 Å². The first-order valence-electron chi connectivity index (χ1n) is 3.42. The van der Waals surface area contributed by atoms with Crippen LogP contribution >= 0.6 is 27.3 Å². The molecule has 0 fully saturated rings. The highest BCUT2D eigenvalue weighted by atomic mass is 79.9. The summed E-state index contributed by atoms with van der Waals surface area (Å²) in [6, 6.07) is 1.93. The summed E-state index contributed by atoms with van der Waals surface area (Å²) >= 11 is 4.73. The fraction of sp³-hybridized carbons (Fsp3) is 0.143. The van der Waals surface area contributed by atoms with Crippen LogP contribution in [-0.2, 0) is 10.8 Å². The van der Waals surface area contributed by atoms with Crippen LogP contribution in [-0.4, -0.2) is 20.4 Å². The molecule has 0 radical (unpaired) electrons. The Balaban J connectivity index is 2.68. The number of rotatable bonds is 1. The number of aromatic nitrogens is 2. The maximum Gasteiger partial charge on any atom is 0.183 e. The van der Waals surface area contributed by atoms with Gasteiger partial charge in [0, 0.05) is 16.9 Å². The lowest BCUT2D eigenvalue weighted by atomic mass is 10.5. The predicted octanol–water partition coefficient (Wildman–Crippen LogP) is 2.19. The summed E-state index contributed by atoms with van der Waals surface area (Å²) in [5.74, 6) is 0. The van der Waals surface area contributed by atoms with E-state index in [0.717, 1.165) is 9.17 Å². The van der Waals surface area contributed by atoms with Crippen LogP contribution in [0, 0.1) is 0 Å². The molecule has 6 heteroatoms. The van der Waals surface area contributed by atoms with Gasteiger partial charge in [0.2, 0.25) is 0 Å². The Bertz CT molecular complexity index is 482. The fourth-order valence-electron chi connectivity index (χ4n) is 0.899. The SMILES string of the molecule is C[S@](=O)c1nc2ncc(Br)cc2s1. The van der Waals surface area contributed by atoms with E-state index < -0.39 is 10.8 Å². The van der Waals surface area contributed by atoms with Crippen LogP contribution in [0.1, 0.15) is 0 Å². The lowest BCUT2D eigenvalue weighted by Crippen LogP contribution is -1.84. The van der Waals surface area contributed by atoms with E-state index in [4.69, 9.17) is 0 Å². The van der Waals surface area contributed by atoms with Crippen molar-refractivity contribution in [1.29, 1.82) is 0 Å². The number of fused-ring (bicyclic) bond motifs is 1. The van der Waals surface area contributed by atoms with E-state index >= 15 is 0 Å². The van der Waals surface area contributed by atoms with Gasteiger partial charge in [-0.25, -0.2) is 9.97 Å². The minimum absolute atomic E-state index is 0.626. The Hall–Kier alpha value is -0.330. The molecule has 0 spiro atoms. The minimum atomic E-state index is -1.02. The smallest absolute Gasteiger partial charge is 0.183 e. The Morgan fingerprint density at radius 3 is 3.08 bits per heavy atom. The molecule has 1 atom stereocenters. The monoisotopic (exact) mass is 276 g/mol. The van der Waals surface area contributed by atoms with Gasteiger partial charge in [-0.15, -0.1) is 11.3 Å². The molecule has 0 N–H and O–H groups in total. The second-order valence-corrected chi connectivity index (χ2v) is 5.91. The summed E-state index contributed by atoms with van der Waals surface area (Å²) in [7, 11) is -1.02. The van der Waals surface area contributed by atoms with Gasteiger partial charge in [0.15, 0.2) is 9.99 Å². The zero-order chi connectivity index (χ0) is 9.42. The molecular formula is C7H5BrN2OS2. The molecule has 2 rings (SSSR count). The van der Waals surface area contributed by atoms with Crippen LogP contribution in [0.3, 0.4) is 0 Å². The van der Waals surface area contributed by atoms with Crippen molar-refractivity contribution >= 4 is 48.4 Å². The Morgan fingerprint density at radius 2 is 2.38 bits per heavy atom. The second-order valence-electron chi connectivity index (χ2n) is 2.41. The fourth-order valence-corrected chi connectivity index (χ4v) is 3.03. The molecule has 68 valence electrons. The first-order valence-corrected chi connectivity index (χ1v) is 6.59. The zero-order valence-corrected chi connectivity index (χ0v) is 9.87. The predicted molar refractivity (Wildman–Crippen MR) is 57.4 cm³/mol. The molecule has 0 unspecified atom stereocenters. The van der Waals surface area contributed by atoms with Crippen molar-refractivity contribution in [3.8, 4) is 0 Å². The molecule has 3 nitrogen and oxygen atoms in total. The lowest BCUT2D eigenvalue weighted by Gasteiger charge is -1.86. The summed E-state index contributed by atoms with van der Waals surface area (Å²) in [5, 5.41) is 0. The number of hydrogen-bond donors (Lipinski definition) is 0. The van der Waals surface area contributed by atoms with Crippen molar-refractivity contribution in [3.05, 3.63) is 16.7 Å². The third kappa shape index (κ3) is 1.79. The largest absolute Gasteiger partial charge is 0.252 e. The highest BCUT2D eigenvalue weighted by molar-refractivity contribution is 9.10. The first kappa shape index (κ1) is 9.23. The van der Waals surface area contributed by atoms with E-state index in [0.29, 0.717) is 9.99 Å². The van der Waals surface area contributed by atoms with Crippen LogP contribution in [0.5, 0.6) is 0 Å². The molecule has 0 aromatic carbocycles. The second kappa shape index (κ2) is 3.43. The number of halogens is 1. The molecule has 0 saturated heterocycles. The number of nitrogens with zero attached hydrogens (tertiary/aromatic N) is 2. The first-order chi connectivity index (χ1) is 6.16. The Labute approximate surface area is 89.8 Å². The highest BCUT2D eigenvalue weighted by Gasteiger charge is 2.07. The van der Waals surface area contributed by atoms with Gasteiger partial charge in [-0.05, 0) is 22.0 Å². The van der Waals surface area contributed by atoms with Gasteiger partial charge in [0.25, 0.3) is 0 Å². The van der Waals surface area contributed by atoms with Crippen molar-refractivity contribution in [2.45, 2.75) is 4.34 Å². The molecule has 0 aliphatic carbocycles. The summed E-state index contributed by atoms with van der Waals surface area (Å²) in [6.45, 7) is 0. The van der Waals surface area contributed by atoms with Gasteiger partial charge in [0.1, 0.15) is 0 Å². The summed E-state index contributed by atoms with van der Waals surface area (Å²) in [5.41, 5.74) is 0.665. The summed E-state index contributed by atoms with van der Waals surface area (Å²) < 4.78 is 13.6. The lowest BCUT2D eigenvalue weighted by molar-refractivity contribution is 0.686. The Morgan fingerprint density at radius 1 is 1.62 bits per heavy atom. The summed E-state index contributed by atoms with van der Waals surface area (Å²) in [4.78, 5) is 8.24. The van der Waals surface area contributed by atoms with Crippen LogP contribution in [0.15, 0.2) is 21.1 Å². The standard InChI is InChI=1S/C7H5BrN2OS2/c1-13(11)7-10-6-5(12-7)2-4(8)3-9-6/h2-3H,1H3/t13-/m0/s1. The average molecular weight is 277 g/mol. The number of hydrogen-bond acceptors (Lipinski definition) is 4. The van der Waals surface area contributed by atoms with E-state index in [-0.39, 0.29) is 0 Å². The molecule has 0 aliphatic rings. The van der Waals surface area contributed by atoms with Crippen LogP contribution < -0.4 is 0 Å². The van der Waals surface area contributed by atoms with Crippen LogP contribution in [0.4, 0.5) is 0 Å². The molecule has 0 aliphatic heterocycles. The number of pyridine rings is 1. The third-order valence-corrected chi connectivity index (χ3v) is 4.20. The van der Waals surface area contributed by atoms with Gasteiger partial charge in [0.05, 0.1) is 15.5 Å². The van der Waals surface area contributed by atoms with Crippen molar-refractivity contribution in [2.75, 3.05) is 6.26 Å². The summed E-state index contributed by atoms with van der Waals surface area (Å²) in [6.07, 6.45) is 3.30. The van der Waals surface area contributed by atoms with Crippen molar-refractivity contribution in [3.63, 3.8) is 0 Å². The number of thiazole rings is 1. The molecule has 0 amide bonds. The third-order valence-electron chi connectivity index (χ3n) is 1.44. The van der Waals surface area contributed by atoms with Gasteiger partial charge < -0.3 is 0 Å². The molecule has 0 bridgehead atoms. The maximum atomic E-state index is 11.1. The zero-order valence-electron chi connectivity index (χ0n) is 6.65. The van der Waals surface area contributed by atoms with E-state index in [1.165, 1.54) is 11.3 Å². The van der Waals surface area contributed by atoms with E-state index in [2.05, 4.69) is 25.9 Å². The topological polar surface area (TPSA) is 42.9 Å². The van der Waals surface area contributed by atoms with Gasteiger partial charge in [-0.1, -0.05) is 0 Å². The van der Waals surface area contributed by atoms with E-state index in [1.807, 2.05) is 6.07 Å². The maximum absolute atomic E-state index is 11.1. The molecular weight excluding hydrogens is 272 g/mol. The van der Waals surface area contributed by atoms with Crippen LogP contribution in [0.25, 0.3) is 10.3 Å². The Kier molecular flexibility index (Phi) is 2.44. The molecule has 0 saturated carbocycles. The van der Waals surface area contributed by atoms with Crippen molar-refractivity contribution < 1.29 is 4.21 Å². The van der Waals surface area contributed by atoms with Gasteiger partial charge in [-0.2, -0.15) is 0 Å². The van der Waals surface area contributed by atoms with E-state index in [9.17, 15) is 4.21 Å². The highest BCUT2D eigenvalue weighted by Crippen LogP contribution is 2.24. The molecule has 2 heterocycles.